The summed E-state index contributed by atoms with van der Waals surface area (Å²) in [6.45, 7) is 3.93. The summed E-state index contributed by atoms with van der Waals surface area (Å²) in [6, 6.07) is 6.00. The van der Waals surface area contributed by atoms with Crippen LogP contribution < -0.4 is 5.73 Å². The van der Waals surface area contributed by atoms with Crippen molar-refractivity contribution in [1.29, 1.82) is 0 Å². The first-order valence-corrected chi connectivity index (χ1v) is 6.52. The Morgan fingerprint density at radius 3 is 2.78 bits per heavy atom. The molecule has 1 unspecified atom stereocenters. The zero-order valence-corrected chi connectivity index (χ0v) is 11.5. The average molecular weight is 251 g/mol. The highest BCUT2D eigenvalue weighted by molar-refractivity contribution is 5.03. The predicted octanol–water partition coefficient (Wildman–Crippen LogP) is 1.05. The van der Waals surface area contributed by atoms with Gasteiger partial charge in [0.1, 0.15) is 0 Å². The van der Waals surface area contributed by atoms with Crippen LogP contribution in [0.2, 0.25) is 0 Å². The molecule has 0 aliphatic heterocycles. The number of hydrogen-bond acceptors (Lipinski definition) is 4. The van der Waals surface area contributed by atoms with Crippen molar-refractivity contribution < 1.29 is 5.11 Å². The Morgan fingerprint density at radius 1 is 1.39 bits per heavy atom. The first-order chi connectivity index (χ1) is 8.53. The summed E-state index contributed by atoms with van der Waals surface area (Å²) in [5, 5.41) is 9.06. The minimum absolute atomic E-state index is 0.0463. The maximum Gasteiger partial charge on any atom is 0.0608 e. The molecule has 1 aromatic rings. The molecule has 0 saturated carbocycles. The lowest BCUT2D eigenvalue weighted by Crippen LogP contribution is -2.40. The number of aromatic nitrogens is 1. The zero-order valence-electron chi connectivity index (χ0n) is 11.5. The van der Waals surface area contributed by atoms with Crippen molar-refractivity contribution >= 4 is 0 Å². The minimum Gasteiger partial charge on any atom is -0.394 e. The van der Waals surface area contributed by atoms with E-state index in [0.29, 0.717) is 0 Å². The molecule has 4 heteroatoms. The monoisotopic (exact) mass is 251 g/mol. The Hall–Kier alpha value is -0.970. The third-order valence-electron chi connectivity index (χ3n) is 3.12. The van der Waals surface area contributed by atoms with Crippen LogP contribution in [0, 0.1) is 0 Å². The normalized spacial score (nSPS) is 14.7. The lowest BCUT2D eigenvalue weighted by molar-refractivity contribution is 0.192. The number of hydrogen-bond donors (Lipinski definition) is 2. The van der Waals surface area contributed by atoms with Crippen molar-refractivity contribution in [3.05, 3.63) is 30.1 Å². The van der Waals surface area contributed by atoms with Crippen molar-refractivity contribution in [1.82, 2.24) is 9.88 Å². The van der Waals surface area contributed by atoms with Crippen molar-refractivity contribution in [3.8, 4) is 0 Å². The molecule has 0 saturated heterocycles. The van der Waals surface area contributed by atoms with Crippen LogP contribution in [0.4, 0.5) is 0 Å². The Labute approximate surface area is 110 Å². The smallest absolute Gasteiger partial charge is 0.0608 e. The van der Waals surface area contributed by atoms with E-state index in [-0.39, 0.29) is 6.61 Å². The van der Waals surface area contributed by atoms with Crippen molar-refractivity contribution in [2.24, 2.45) is 5.73 Å². The van der Waals surface area contributed by atoms with E-state index in [2.05, 4.69) is 23.0 Å². The summed E-state index contributed by atoms with van der Waals surface area (Å²) >= 11 is 0. The van der Waals surface area contributed by atoms with Gasteiger partial charge in [-0.05, 0) is 45.5 Å². The number of pyridine rings is 1. The molecule has 0 fully saturated rings. The summed E-state index contributed by atoms with van der Waals surface area (Å²) in [7, 11) is 2.11. The molecule has 0 aliphatic rings. The van der Waals surface area contributed by atoms with Gasteiger partial charge < -0.3 is 15.7 Å². The molecule has 1 aromatic heterocycles. The van der Waals surface area contributed by atoms with Crippen LogP contribution in [-0.4, -0.2) is 47.3 Å². The van der Waals surface area contributed by atoms with Gasteiger partial charge in [0.25, 0.3) is 0 Å². The van der Waals surface area contributed by atoms with Crippen LogP contribution >= 0.6 is 0 Å². The summed E-state index contributed by atoms with van der Waals surface area (Å²) in [5.74, 6) is 0. The molecule has 1 rings (SSSR count). The van der Waals surface area contributed by atoms with Gasteiger partial charge in [-0.1, -0.05) is 6.07 Å². The molecule has 3 N–H and O–H groups in total. The molecule has 0 aliphatic carbocycles. The third-order valence-corrected chi connectivity index (χ3v) is 3.12. The van der Waals surface area contributed by atoms with Gasteiger partial charge in [-0.3, -0.25) is 4.98 Å². The van der Waals surface area contributed by atoms with E-state index in [1.807, 2.05) is 25.3 Å². The fourth-order valence-electron chi connectivity index (χ4n) is 1.80. The molecule has 0 amide bonds. The first kappa shape index (κ1) is 15.1. The molecule has 0 bridgehead atoms. The van der Waals surface area contributed by atoms with E-state index in [1.165, 1.54) is 0 Å². The van der Waals surface area contributed by atoms with Crippen LogP contribution in [0.3, 0.4) is 0 Å². The van der Waals surface area contributed by atoms with Gasteiger partial charge >= 0.3 is 0 Å². The fraction of sp³-hybridized carbons (Fsp3) is 0.643. The molecule has 0 spiro atoms. The second-order valence-electron chi connectivity index (χ2n) is 5.29. The van der Waals surface area contributed by atoms with E-state index in [0.717, 1.165) is 38.0 Å². The number of nitrogens with zero attached hydrogens (tertiary/aromatic N) is 2. The van der Waals surface area contributed by atoms with Gasteiger partial charge in [0.15, 0.2) is 0 Å². The molecule has 1 atom stereocenters. The number of aliphatic hydroxyl groups excluding tert-OH is 1. The molecule has 1 heterocycles. The van der Waals surface area contributed by atoms with E-state index < -0.39 is 5.54 Å². The quantitative estimate of drug-likeness (QED) is 0.725. The highest BCUT2D eigenvalue weighted by atomic mass is 16.3. The number of likely N-dealkylation sites (N-methyl/N-ethyl adjacent to an activating group) is 1. The van der Waals surface area contributed by atoms with Gasteiger partial charge in [-0.15, -0.1) is 0 Å². The summed E-state index contributed by atoms with van der Waals surface area (Å²) < 4.78 is 0. The maximum atomic E-state index is 9.06. The van der Waals surface area contributed by atoms with Crippen LogP contribution in [0.1, 0.15) is 25.5 Å². The summed E-state index contributed by atoms with van der Waals surface area (Å²) in [4.78, 5) is 6.58. The lowest BCUT2D eigenvalue weighted by atomic mass is 9.98. The van der Waals surface area contributed by atoms with Crippen LogP contribution in [-0.2, 0) is 6.42 Å². The standard InChI is InChI=1S/C14H25N3O/c1-14(15,12-18)8-5-10-17(2)11-7-13-6-3-4-9-16-13/h3-4,6,9,18H,5,7-8,10-12,15H2,1-2H3. The van der Waals surface area contributed by atoms with Gasteiger partial charge in [-0.2, -0.15) is 0 Å². The van der Waals surface area contributed by atoms with Crippen molar-refractivity contribution in [2.75, 3.05) is 26.7 Å². The molecule has 4 nitrogen and oxygen atoms in total. The minimum atomic E-state index is -0.443. The largest absolute Gasteiger partial charge is 0.394 e. The molecular formula is C14H25N3O. The first-order valence-electron chi connectivity index (χ1n) is 6.52. The van der Waals surface area contributed by atoms with E-state index in [9.17, 15) is 0 Å². The van der Waals surface area contributed by atoms with Crippen LogP contribution in [0.25, 0.3) is 0 Å². The van der Waals surface area contributed by atoms with Crippen LogP contribution in [0.15, 0.2) is 24.4 Å². The van der Waals surface area contributed by atoms with Crippen LogP contribution in [0.5, 0.6) is 0 Å². The van der Waals surface area contributed by atoms with E-state index in [1.54, 1.807) is 0 Å². The van der Waals surface area contributed by atoms with E-state index in [4.69, 9.17) is 10.8 Å². The Morgan fingerprint density at radius 2 is 2.17 bits per heavy atom. The summed E-state index contributed by atoms with van der Waals surface area (Å²) in [6.07, 6.45) is 4.65. The van der Waals surface area contributed by atoms with Gasteiger partial charge in [0, 0.05) is 30.4 Å². The highest BCUT2D eigenvalue weighted by Gasteiger charge is 2.16. The fourth-order valence-corrected chi connectivity index (χ4v) is 1.80. The average Bonchev–Trinajstić information content (AvgIpc) is 2.37. The molecule has 18 heavy (non-hydrogen) atoms. The predicted molar refractivity (Wildman–Crippen MR) is 74.4 cm³/mol. The van der Waals surface area contributed by atoms with Gasteiger partial charge in [0.2, 0.25) is 0 Å². The van der Waals surface area contributed by atoms with Crippen molar-refractivity contribution in [2.45, 2.75) is 31.7 Å². The van der Waals surface area contributed by atoms with Gasteiger partial charge in [0.05, 0.1) is 6.61 Å². The number of nitrogens with two attached hydrogens (primary N) is 1. The Balaban J connectivity index is 2.16. The second kappa shape index (κ2) is 7.46. The second-order valence-corrected chi connectivity index (χ2v) is 5.29. The maximum absolute atomic E-state index is 9.06. The summed E-state index contributed by atoms with van der Waals surface area (Å²) in [5.41, 5.74) is 6.57. The zero-order chi connectivity index (χ0) is 13.4. The van der Waals surface area contributed by atoms with E-state index >= 15 is 0 Å². The third kappa shape index (κ3) is 6.10. The molecule has 0 aromatic carbocycles. The van der Waals surface area contributed by atoms with Gasteiger partial charge in [-0.25, -0.2) is 0 Å². The SMILES string of the molecule is CN(CCCC(C)(N)CO)CCc1ccccn1. The highest BCUT2D eigenvalue weighted by Crippen LogP contribution is 2.08. The Kier molecular flexibility index (Phi) is 6.25. The Bertz CT molecular complexity index is 327. The number of rotatable bonds is 8. The topological polar surface area (TPSA) is 62.4 Å². The molecule has 0 radical (unpaired) electrons. The lowest BCUT2D eigenvalue weighted by Gasteiger charge is -2.23. The molecule has 102 valence electrons. The molecular weight excluding hydrogens is 226 g/mol. The van der Waals surface area contributed by atoms with Crippen molar-refractivity contribution in [3.63, 3.8) is 0 Å². The number of aliphatic hydroxyl groups is 1.